The van der Waals surface area contributed by atoms with Crippen LogP contribution in [0, 0.1) is 0 Å². The molecule has 0 spiro atoms. The Morgan fingerprint density at radius 3 is 2.55 bits per heavy atom. The molecule has 2 nitrogen and oxygen atoms in total. The second-order valence-corrected chi connectivity index (χ2v) is 5.77. The third-order valence-corrected chi connectivity index (χ3v) is 4.01. The van der Waals surface area contributed by atoms with Crippen molar-refractivity contribution >= 4 is 27.8 Å². The lowest BCUT2D eigenvalue weighted by Gasteiger charge is -2.22. The molecule has 0 fully saturated rings. The highest BCUT2D eigenvalue weighted by Gasteiger charge is 2.27. The van der Waals surface area contributed by atoms with Gasteiger partial charge in [-0.25, -0.2) is 0 Å². The third kappa shape index (κ3) is 2.47. The lowest BCUT2D eigenvalue weighted by atomic mass is 9.84. The zero-order valence-electron chi connectivity index (χ0n) is 10.7. The summed E-state index contributed by atoms with van der Waals surface area (Å²) in [5.74, 6) is 0.00817. The summed E-state index contributed by atoms with van der Waals surface area (Å²) < 4.78 is 1.00. The lowest BCUT2D eigenvalue weighted by Crippen LogP contribution is -2.18. The second-order valence-electron chi connectivity index (χ2n) is 4.86. The van der Waals surface area contributed by atoms with Gasteiger partial charge >= 0.3 is 0 Å². The summed E-state index contributed by atoms with van der Waals surface area (Å²) in [6, 6.07) is 15.0. The molecule has 3 rings (SSSR count). The molecule has 1 aliphatic rings. The van der Waals surface area contributed by atoms with Crippen molar-refractivity contribution in [2.45, 2.75) is 12.5 Å². The van der Waals surface area contributed by atoms with Crippen LogP contribution in [-0.4, -0.2) is 10.9 Å². The molecule has 1 atom stereocenters. The van der Waals surface area contributed by atoms with Crippen molar-refractivity contribution in [1.82, 2.24) is 0 Å². The first-order valence-electron chi connectivity index (χ1n) is 6.43. The van der Waals surface area contributed by atoms with E-state index in [9.17, 15) is 9.90 Å². The summed E-state index contributed by atoms with van der Waals surface area (Å²) >= 11 is 3.39. The number of rotatable bonds is 1. The van der Waals surface area contributed by atoms with Crippen LogP contribution >= 0.6 is 15.9 Å². The summed E-state index contributed by atoms with van der Waals surface area (Å²) in [4.78, 5) is 12.4. The van der Waals surface area contributed by atoms with E-state index < -0.39 is 6.10 Å². The fraction of sp³-hybridized carbons (Fsp3) is 0.118. The van der Waals surface area contributed by atoms with E-state index in [1.807, 2.05) is 48.5 Å². The molecule has 0 amide bonds. The van der Waals surface area contributed by atoms with Crippen LogP contribution in [0.25, 0.3) is 6.08 Å². The number of fused-ring (bicyclic) bond motifs is 1. The predicted molar refractivity (Wildman–Crippen MR) is 82.5 cm³/mol. The van der Waals surface area contributed by atoms with Gasteiger partial charge in [0, 0.05) is 22.0 Å². The standard InChI is InChI=1S/C17H13BrO2/c18-13-7-5-11(6-8-13)9-12-10-16(19)14-3-1-2-4-15(14)17(12)20/h1-9,16,19H,10H2/b12-9+/t16-/m0/s1. The maximum absolute atomic E-state index is 12.4. The highest BCUT2D eigenvalue weighted by atomic mass is 79.9. The van der Waals surface area contributed by atoms with Crippen molar-refractivity contribution in [2.24, 2.45) is 0 Å². The number of carbonyl (C=O) groups is 1. The molecular weight excluding hydrogens is 316 g/mol. The Hall–Kier alpha value is -1.71. The van der Waals surface area contributed by atoms with Gasteiger partial charge in [-0.1, -0.05) is 52.3 Å². The summed E-state index contributed by atoms with van der Waals surface area (Å²) in [6.45, 7) is 0. The van der Waals surface area contributed by atoms with Crippen LogP contribution in [0.2, 0.25) is 0 Å². The Morgan fingerprint density at radius 2 is 1.80 bits per heavy atom. The topological polar surface area (TPSA) is 37.3 Å². The Bertz CT molecular complexity index is 686. The fourth-order valence-corrected chi connectivity index (χ4v) is 2.73. The van der Waals surface area contributed by atoms with Gasteiger partial charge in [0.25, 0.3) is 0 Å². The molecule has 0 saturated carbocycles. The van der Waals surface area contributed by atoms with E-state index in [1.54, 1.807) is 6.07 Å². The predicted octanol–water partition coefficient (Wildman–Crippen LogP) is 4.15. The number of hydrogen-bond donors (Lipinski definition) is 1. The molecule has 100 valence electrons. The molecule has 3 heteroatoms. The van der Waals surface area contributed by atoms with E-state index in [0.717, 1.165) is 15.6 Å². The van der Waals surface area contributed by atoms with Crippen LogP contribution in [0.5, 0.6) is 0 Å². The lowest BCUT2D eigenvalue weighted by molar-refractivity contribution is 0.0979. The Morgan fingerprint density at radius 1 is 1.10 bits per heavy atom. The Balaban J connectivity index is 2.01. The third-order valence-electron chi connectivity index (χ3n) is 3.48. The molecule has 0 radical (unpaired) electrons. The molecular formula is C17H13BrO2. The van der Waals surface area contributed by atoms with E-state index >= 15 is 0 Å². The van der Waals surface area contributed by atoms with E-state index in [2.05, 4.69) is 15.9 Å². The zero-order chi connectivity index (χ0) is 14.1. The van der Waals surface area contributed by atoms with Crippen molar-refractivity contribution in [3.05, 3.63) is 75.3 Å². The van der Waals surface area contributed by atoms with Gasteiger partial charge in [0.2, 0.25) is 0 Å². The summed E-state index contributed by atoms with van der Waals surface area (Å²) in [6.07, 6.45) is 1.62. The quantitative estimate of drug-likeness (QED) is 0.798. The number of halogens is 1. The van der Waals surface area contributed by atoms with Gasteiger partial charge in [-0.2, -0.15) is 0 Å². The minimum Gasteiger partial charge on any atom is -0.388 e. The van der Waals surface area contributed by atoms with Crippen molar-refractivity contribution in [3.8, 4) is 0 Å². The first-order valence-corrected chi connectivity index (χ1v) is 7.22. The molecule has 0 saturated heterocycles. The van der Waals surface area contributed by atoms with Gasteiger partial charge in [0.05, 0.1) is 6.10 Å². The van der Waals surface area contributed by atoms with Crippen LogP contribution in [-0.2, 0) is 0 Å². The number of aliphatic hydroxyl groups excluding tert-OH is 1. The van der Waals surface area contributed by atoms with Crippen molar-refractivity contribution in [3.63, 3.8) is 0 Å². The first-order chi connectivity index (χ1) is 9.65. The normalized spacial score (nSPS) is 20.0. The number of carbonyl (C=O) groups excluding carboxylic acids is 1. The monoisotopic (exact) mass is 328 g/mol. The average Bonchev–Trinajstić information content (AvgIpc) is 2.47. The smallest absolute Gasteiger partial charge is 0.189 e. The minimum absolute atomic E-state index is 0.00817. The molecule has 0 aromatic heterocycles. The maximum Gasteiger partial charge on any atom is 0.189 e. The average molecular weight is 329 g/mol. The number of hydrogen-bond acceptors (Lipinski definition) is 2. The molecule has 2 aromatic carbocycles. The molecule has 0 aliphatic heterocycles. The molecule has 1 N–H and O–H groups in total. The molecule has 1 aliphatic carbocycles. The molecule has 2 aromatic rings. The number of ketones is 1. The van der Waals surface area contributed by atoms with Crippen LogP contribution in [0.15, 0.2) is 58.6 Å². The second kappa shape index (κ2) is 5.35. The van der Waals surface area contributed by atoms with Crippen molar-refractivity contribution in [2.75, 3.05) is 0 Å². The Kier molecular flexibility index (Phi) is 3.55. The van der Waals surface area contributed by atoms with E-state index in [4.69, 9.17) is 0 Å². The Labute approximate surface area is 125 Å². The van der Waals surface area contributed by atoms with Gasteiger partial charge in [-0.3, -0.25) is 4.79 Å². The highest BCUT2D eigenvalue weighted by Crippen LogP contribution is 2.33. The van der Waals surface area contributed by atoms with Gasteiger partial charge in [-0.15, -0.1) is 0 Å². The molecule has 0 unspecified atom stereocenters. The van der Waals surface area contributed by atoms with Crippen molar-refractivity contribution < 1.29 is 9.90 Å². The fourth-order valence-electron chi connectivity index (χ4n) is 2.46. The summed E-state index contributed by atoms with van der Waals surface area (Å²) in [7, 11) is 0. The zero-order valence-corrected chi connectivity index (χ0v) is 12.3. The van der Waals surface area contributed by atoms with E-state index in [1.165, 1.54) is 0 Å². The van der Waals surface area contributed by atoms with Gasteiger partial charge in [0.1, 0.15) is 0 Å². The number of Topliss-reactive ketones (excluding diaryl/α,β-unsaturated/α-hetero) is 1. The van der Waals surface area contributed by atoms with Crippen LogP contribution in [0.4, 0.5) is 0 Å². The van der Waals surface area contributed by atoms with Gasteiger partial charge < -0.3 is 5.11 Å². The number of benzene rings is 2. The van der Waals surface area contributed by atoms with Crippen LogP contribution in [0.1, 0.15) is 34.0 Å². The molecule has 0 bridgehead atoms. The van der Waals surface area contributed by atoms with E-state index in [-0.39, 0.29) is 5.78 Å². The van der Waals surface area contributed by atoms with Gasteiger partial charge in [-0.05, 0) is 29.3 Å². The molecule has 20 heavy (non-hydrogen) atoms. The number of aliphatic hydroxyl groups is 1. The van der Waals surface area contributed by atoms with Crippen LogP contribution in [0.3, 0.4) is 0 Å². The minimum atomic E-state index is -0.606. The first kappa shape index (κ1) is 13.3. The molecule has 0 heterocycles. The van der Waals surface area contributed by atoms with Gasteiger partial charge in [0.15, 0.2) is 5.78 Å². The summed E-state index contributed by atoms with van der Waals surface area (Å²) in [5.41, 5.74) is 2.95. The largest absolute Gasteiger partial charge is 0.388 e. The van der Waals surface area contributed by atoms with Crippen LogP contribution < -0.4 is 0 Å². The SMILES string of the molecule is O=C1/C(=C/c2ccc(Br)cc2)C[C@H](O)c2ccccc21. The van der Waals surface area contributed by atoms with Crippen molar-refractivity contribution in [1.29, 1.82) is 0 Å². The summed E-state index contributed by atoms with van der Waals surface area (Å²) in [5, 5.41) is 10.2. The maximum atomic E-state index is 12.4. The highest BCUT2D eigenvalue weighted by molar-refractivity contribution is 9.10. The van der Waals surface area contributed by atoms with E-state index in [0.29, 0.717) is 17.6 Å².